The molecule has 0 unspecified atom stereocenters. The molecule has 110 valence electrons. The second kappa shape index (κ2) is 8.97. The van der Waals surface area contributed by atoms with Crippen LogP contribution in [0.5, 0.6) is 0 Å². The molecule has 3 N–H and O–H groups in total. The Kier molecular flexibility index (Phi) is 7.61. The fourth-order valence-corrected chi connectivity index (χ4v) is 1.94. The standard InChI is InChI=1S/C15H21N3O.HI/c1-12-2-4-14(5-3-12)18-15(16)17-9-6-13-7-10-19-11-8-13;/h2-5,7H,6,8-11H2,1H3,(H3,16,17,18);1H. The van der Waals surface area contributed by atoms with Gasteiger partial charge in [-0.15, -0.1) is 24.0 Å². The van der Waals surface area contributed by atoms with E-state index < -0.39 is 0 Å². The van der Waals surface area contributed by atoms with E-state index in [0.29, 0.717) is 5.96 Å². The molecule has 0 bridgehead atoms. The zero-order valence-corrected chi connectivity index (χ0v) is 14.1. The van der Waals surface area contributed by atoms with Crippen molar-refractivity contribution < 1.29 is 4.74 Å². The summed E-state index contributed by atoms with van der Waals surface area (Å²) < 4.78 is 5.27. The Morgan fingerprint density at radius 1 is 1.35 bits per heavy atom. The number of aryl methyl sites for hydroxylation is 1. The summed E-state index contributed by atoms with van der Waals surface area (Å²) in [5.41, 5.74) is 9.47. The van der Waals surface area contributed by atoms with Crippen LogP contribution in [0.2, 0.25) is 0 Å². The Labute approximate surface area is 137 Å². The second-order valence-corrected chi connectivity index (χ2v) is 4.70. The minimum atomic E-state index is 0. The molecule has 4 nitrogen and oxygen atoms in total. The SMILES string of the molecule is Cc1ccc(NC(N)=NCCC2=CCOCC2)cc1.I. The molecule has 1 heterocycles. The van der Waals surface area contributed by atoms with Gasteiger partial charge >= 0.3 is 0 Å². The first-order valence-corrected chi connectivity index (χ1v) is 6.63. The summed E-state index contributed by atoms with van der Waals surface area (Å²) in [6, 6.07) is 8.09. The van der Waals surface area contributed by atoms with Crippen LogP contribution in [-0.2, 0) is 4.74 Å². The Balaban J connectivity index is 0.00000200. The molecule has 20 heavy (non-hydrogen) atoms. The predicted molar refractivity (Wildman–Crippen MR) is 94.8 cm³/mol. The predicted octanol–water partition coefficient (Wildman–Crippen LogP) is 3.08. The molecule has 0 atom stereocenters. The molecule has 0 radical (unpaired) electrons. The van der Waals surface area contributed by atoms with E-state index in [9.17, 15) is 0 Å². The Hall–Kier alpha value is -1.08. The van der Waals surface area contributed by atoms with Crippen molar-refractivity contribution in [3.05, 3.63) is 41.5 Å². The maximum absolute atomic E-state index is 5.85. The maximum Gasteiger partial charge on any atom is 0.193 e. The van der Waals surface area contributed by atoms with E-state index in [1.807, 2.05) is 24.3 Å². The van der Waals surface area contributed by atoms with Crippen LogP contribution in [0.3, 0.4) is 0 Å². The molecule has 0 aromatic heterocycles. The number of benzene rings is 1. The number of hydrogen-bond donors (Lipinski definition) is 2. The van der Waals surface area contributed by atoms with Gasteiger partial charge in [-0.25, -0.2) is 0 Å². The summed E-state index contributed by atoms with van der Waals surface area (Å²) in [7, 11) is 0. The zero-order chi connectivity index (χ0) is 13.5. The lowest BCUT2D eigenvalue weighted by molar-refractivity contribution is 0.153. The van der Waals surface area contributed by atoms with Gasteiger partial charge in [-0.05, 0) is 31.9 Å². The third kappa shape index (κ3) is 5.92. The van der Waals surface area contributed by atoms with E-state index in [1.54, 1.807) is 0 Å². The third-order valence-corrected chi connectivity index (χ3v) is 3.10. The molecule has 0 amide bonds. The number of nitrogens with one attached hydrogen (secondary N) is 1. The summed E-state index contributed by atoms with van der Waals surface area (Å²) in [6.45, 7) is 4.34. The van der Waals surface area contributed by atoms with E-state index in [1.165, 1.54) is 11.1 Å². The molecule has 0 saturated heterocycles. The molecule has 0 saturated carbocycles. The quantitative estimate of drug-likeness (QED) is 0.361. The Morgan fingerprint density at radius 2 is 2.10 bits per heavy atom. The van der Waals surface area contributed by atoms with Gasteiger partial charge in [0, 0.05) is 12.2 Å². The van der Waals surface area contributed by atoms with Crippen LogP contribution in [0.1, 0.15) is 18.4 Å². The normalized spacial score (nSPS) is 15.2. The largest absolute Gasteiger partial charge is 0.377 e. The van der Waals surface area contributed by atoms with Crippen LogP contribution in [-0.4, -0.2) is 25.7 Å². The minimum Gasteiger partial charge on any atom is -0.377 e. The molecular formula is C15H22IN3O. The topological polar surface area (TPSA) is 59.6 Å². The number of ether oxygens (including phenoxy) is 1. The molecule has 0 fully saturated rings. The van der Waals surface area contributed by atoms with Crippen molar-refractivity contribution in [3.63, 3.8) is 0 Å². The lowest BCUT2D eigenvalue weighted by Gasteiger charge is -2.12. The van der Waals surface area contributed by atoms with Crippen molar-refractivity contribution in [2.45, 2.75) is 19.8 Å². The first-order valence-electron chi connectivity index (χ1n) is 6.63. The van der Waals surface area contributed by atoms with Gasteiger partial charge in [0.2, 0.25) is 0 Å². The summed E-state index contributed by atoms with van der Waals surface area (Å²) >= 11 is 0. The van der Waals surface area contributed by atoms with Crippen LogP contribution in [0.25, 0.3) is 0 Å². The van der Waals surface area contributed by atoms with Gasteiger partial charge in [-0.2, -0.15) is 0 Å². The highest BCUT2D eigenvalue weighted by atomic mass is 127. The number of halogens is 1. The van der Waals surface area contributed by atoms with Gasteiger partial charge in [0.25, 0.3) is 0 Å². The summed E-state index contributed by atoms with van der Waals surface area (Å²) in [4.78, 5) is 4.34. The van der Waals surface area contributed by atoms with Crippen LogP contribution in [0, 0.1) is 6.92 Å². The number of nitrogens with two attached hydrogens (primary N) is 1. The highest BCUT2D eigenvalue weighted by Crippen LogP contribution is 2.12. The van der Waals surface area contributed by atoms with Crippen molar-refractivity contribution >= 4 is 35.6 Å². The highest BCUT2D eigenvalue weighted by molar-refractivity contribution is 14.0. The summed E-state index contributed by atoms with van der Waals surface area (Å²) in [5, 5.41) is 3.09. The van der Waals surface area contributed by atoms with E-state index in [2.05, 4.69) is 23.3 Å². The van der Waals surface area contributed by atoms with Crippen LogP contribution in [0.4, 0.5) is 5.69 Å². The van der Waals surface area contributed by atoms with E-state index >= 15 is 0 Å². The smallest absolute Gasteiger partial charge is 0.193 e. The monoisotopic (exact) mass is 387 g/mol. The van der Waals surface area contributed by atoms with Gasteiger partial charge in [0.15, 0.2) is 5.96 Å². The summed E-state index contributed by atoms with van der Waals surface area (Å²) in [5.74, 6) is 0.469. The Morgan fingerprint density at radius 3 is 2.75 bits per heavy atom. The molecule has 1 aliphatic rings. The lowest BCUT2D eigenvalue weighted by atomic mass is 10.1. The number of hydrogen-bond acceptors (Lipinski definition) is 2. The number of anilines is 1. The highest BCUT2D eigenvalue weighted by Gasteiger charge is 2.02. The first kappa shape index (κ1) is 17.0. The fourth-order valence-electron chi connectivity index (χ4n) is 1.94. The molecule has 2 rings (SSSR count). The molecule has 1 aromatic carbocycles. The van der Waals surface area contributed by atoms with Gasteiger partial charge in [0.1, 0.15) is 0 Å². The van der Waals surface area contributed by atoms with Gasteiger partial charge in [-0.1, -0.05) is 29.3 Å². The van der Waals surface area contributed by atoms with E-state index in [4.69, 9.17) is 10.5 Å². The molecule has 1 aromatic rings. The summed E-state index contributed by atoms with van der Waals surface area (Å²) in [6.07, 6.45) is 4.11. The van der Waals surface area contributed by atoms with Crippen LogP contribution >= 0.6 is 24.0 Å². The van der Waals surface area contributed by atoms with Crippen molar-refractivity contribution in [1.29, 1.82) is 0 Å². The third-order valence-electron chi connectivity index (χ3n) is 3.10. The number of nitrogens with zero attached hydrogens (tertiary/aromatic N) is 1. The van der Waals surface area contributed by atoms with E-state index in [-0.39, 0.29) is 24.0 Å². The van der Waals surface area contributed by atoms with Crippen LogP contribution < -0.4 is 11.1 Å². The molecular weight excluding hydrogens is 365 g/mol. The van der Waals surface area contributed by atoms with Gasteiger partial charge < -0.3 is 15.8 Å². The van der Waals surface area contributed by atoms with Crippen molar-refractivity contribution in [2.24, 2.45) is 10.7 Å². The minimum absolute atomic E-state index is 0. The second-order valence-electron chi connectivity index (χ2n) is 4.70. The van der Waals surface area contributed by atoms with Gasteiger partial charge in [0.05, 0.1) is 13.2 Å². The molecule has 0 spiro atoms. The Bertz CT molecular complexity index is 469. The zero-order valence-electron chi connectivity index (χ0n) is 11.8. The molecule has 5 heteroatoms. The first-order chi connectivity index (χ1) is 9.24. The average Bonchev–Trinajstić information content (AvgIpc) is 2.43. The van der Waals surface area contributed by atoms with Crippen molar-refractivity contribution in [1.82, 2.24) is 0 Å². The van der Waals surface area contributed by atoms with Crippen LogP contribution in [0.15, 0.2) is 40.9 Å². The fraction of sp³-hybridized carbons (Fsp3) is 0.400. The number of rotatable bonds is 4. The van der Waals surface area contributed by atoms with E-state index in [0.717, 1.165) is 38.3 Å². The molecule has 1 aliphatic heterocycles. The number of guanidine groups is 1. The average molecular weight is 387 g/mol. The van der Waals surface area contributed by atoms with Crippen molar-refractivity contribution in [2.75, 3.05) is 25.1 Å². The maximum atomic E-state index is 5.85. The van der Waals surface area contributed by atoms with Crippen molar-refractivity contribution in [3.8, 4) is 0 Å². The number of aliphatic imine (C=N–C) groups is 1. The molecule has 0 aliphatic carbocycles. The lowest BCUT2D eigenvalue weighted by Crippen LogP contribution is -2.22. The van der Waals surface area contributed by atoms with Gasteiger partial charge in [-0.3, -0.25) is 4.99 Å².